The van der Waals surface area contributed by atoms with Crippen LogP contribution in [0.4, 0.5) is 4.79 Å². The smallest absolute Gasteiger partial charge is 0.329 e. The molecule has 1 fully saturated rings. The lowest BCUT2D eigenvalue weighted by atomic mass is 9.91. The Morgan fingerprint density at radius 2 is 2.05 bits per heavy atom. The van der Waals surface area contributed by atoms with E-state index in [2.05, 4.69) is 6.58 Å². The molecule has 0 aromatic rings. The Bertz CT molecular complexity index is 395. The van der Waals surface area contributed by atoms with E-state index in [1.54, 1.807) is 9.80 Å². The number of carboxylic acid groups (broad SMARTS) is 1. The molecule has 5 nitrogen and oxygen atoms in total. The number of amides is 2. The lowest BCUT2D eigenvalue weighted by Crippen LogP contribution is -2.57. The van der Waals surface area contributed by atoms with Gasteiger partial charge in [0.1, 0.15) is 5.54 Å². The summed E-state index contributed by atoms with van der Waals surface area (Å²) in [6.45, 7) is 11.1. The first-order valence-electron chi connectivity index (χ1n) is 7.33. The Morgan fingerprint density at radius 3 is 2.50 bits per heavy atom. The molecule has 1 rings (SSSR count). The van der Waals surface area contributed by atoms with Crippen LogP contribution in [0.3, 0.4) is 0 Å². The van der Waals surface area contributed by atoms with Crippen LogP contribution in [0.15, 0.2) is 12.2 Å². The second-order valence-electron chi connectivity index (χ2n) is 5.60. The van der Waals surface area contributed by atoms with Gasteiger partial charge in [0, 0.05) is 19.6 Å². The Labute approximate surface area is 121 Å². The molecule has 1 aliphatic rings. The largest absolute Gasteiger partial charge is 0.479 e. The van der Waals surface area contributed by atoms with Crippen molar-refractivity contribution < 1.29 is 14.7 Å². The van der Waals surface area contributed by atoms with Crippen molar-refractivity contribution in [2.24, 2.45) is 0 Å². The maximum absolute atomic E-state index is 12.7. The molecule has 0 saturated carbocycles. The van der Waals surface area contributed by atoms with E-state index in [-0.39, 0.29) is 6.03 Å². The van der Waals surface area contributed by atoms with Crippen LogP contribution >= 0.6 is 0 Å². The van der Waals surface area contributed by atoms with Gasteiger partial charge in [-0.15, -0.1) is 0 Å². The molecule has 1 unspecified atom stereocenters. The number of carbonyl (C=O) groups is 2. The highest BCUT2D eigenvalue weighted by molar-refractivity contribution is 5.87. The van der Waals surface area contributed by atoms with Gasteiger partial charge >= 0.3 is 12.0 Å². The van der Waals surface area contributed by atoms with E-state index in [1.807, 2.05) is 20.8 Å². The van der Waals surface area contributed by atoms with E-state index in [9.17, 15) is 14.7 Å². The van der Waals surface area contributed by atoms with Crippen LogP contribution in [0.1, 0.15) is 46.5 Å². The summed E-state index contributed by atoms with van der Waals surface area (Å²) in [5.74, 6) is -0.878. The van der Waals surface area contributed by atoms with Crippen LogP contribution in [-0.4, -0.2) is 52.1 Å². The van der Waals surface area contributed by atoms with E-state index in [0.29, 0.717) is 32.5 Å². The first-order chi connectivity index (χ1) is 9.39. The summed E-state index contributed by atoms with van der Waals surface area (Å²) in [7, 11) is 0. The Hall–Kier alpha value is -1.52. The predicted molar refractivity (Wildman–Crippen MR) is 78.7 cm³/mol. The molecule has 2 amide bonds. The highest BCUT2D eigenvalue weighted by Crippen LogP contribution is 2.35. The third-order valence-electron chi connectivity index (χ3n) is 3.89. The van der Waals surface area contributed by atoms with Crippen molar-refractivity contribution in [3.05, 3.63) is 12.2 Å². The molecular formula is C15H26N2O3. The Balaban J connectivity index is 2.99. The van der Waals surface area contributed by atoms with Crippen LogP contribution in [0.2, 0.25) is 0 Å². The summed E-state index contributed by atoms with van der Waals surface area (Å²) in [5, 5.41) is 9.62. The molecule has 1 N–H and O–H groups in total. The number of aliphatic carboxylic acids is 1. The lowest BCUT2D eigenvalue weighted by molar-refractivity contribution is -0.148. The van der Waals surface area contributed by atoms with Gasteiger partial charge in [0.05, 0.1) is 0 Å². The van der Waals surface area contributed by atoms with Gasteiger partial charge in [-0.2, -0.15) is 0 Å². The summed E-state index contributed by atoms with van der Waals surface area (Å²) in [6.07, 6.45) is 2.57. The normalized spacial score (nSPS) is 21.9. The van der Waals surface area contributed by atoms with Crippen molar-refractivity contribution in [3.8, 4) is 0 Å². The minimum atomic E-state index is -1.02. The van der Waals surface area contributed by atoms with Gasteiger partial charge in [-0.05, 0) is 33.1 Å². The highest BCUT2D eigenvalue weighted by Gasteiger charge is 2.50. The van der Waals surface area contributed by atoms with Gasteiger partial charge in [-0.1, -0.05) is 25.5 Å². The van der Waals surface area contributed by atoms with Crippen LogP contribution in [0, 0.1) is 0 Å². The number of likely N-dealkylation sites (tertiary alicyclic amines) is 1. The number of likely N-dealkylation sites (N-methyl/N-ethyl adjacent to an activating group) is 1. The zero-order valence-electron chi connectivity index (χ0n) is 12.8. The fraction of sp³-hybridized carbons (Fsp3) is 0.733. The van der Waals surface area contributed by atoms with E-state index in [0.717, 1.165) is 18.4 Å². The molecule has 1 heterocycles. The van der Waals surface area contributed by atoms with Crippen molar-refractivity contribution in [2.45, 2.75) is 52.0 Å². The molecule has 0 bridgehead atoms. The van der Waals surface area contributed by atoms with Gasteiger partial charge in [-0.25, -0.2) is 9.59 Å². The van der Waals surface area contributed by atoms with Gasteiger partial charge in [-0.3, -0.25) is 0 Å². The topological polar surface area (TPSA) is 60.9 Å². The van der Waals surface area contributed by atoms with E-state index in [1.165, 1.54) is 0 Å². The second-order valence-corrected chi connectivity index (χ2v) is 5.60. The van der Waals surface area contributed by atoms with E-state index >= 15 is 0 Å². The van der Waals surface area contributed by atoms with Crippen molar-refractivity contribution in [1.82, 2.24) is 9.80 Å². The number of urea groups is 1. The van der Waals surface area contributed by atoms with Crippen molar-refractivity contribution in [3.63, 3.8) is 0 Å². The minimum Gasteiger partial charge on any atom is -0.479 e. The van der Waals surface area contributed by atoms with Gasteiger partial charge in [0.15, 0.2) is 0 Å². The zero-order chi connectivity index (χ0) is 15.3. The summed E-state index contributed by atoms with van der Waals surface area (Å²) in [4.78, 5) is 27.6. The summed E-state index contributed by atoms with van der Waals surface area (Å²) in [6, 6.07) is -0.177. The second kappa shape index (κ2) is 6.77. The molecule has 1 atom stereocenters. The molecule has 5 heteroatoms. The fourth-order valence-corrected chi connectivity index (χ4v) is 2.97. The zero-order valence-corrected chi connectivity index (χ0v) is 12.8. The molecule has 0 aliphatic carbocycles. The minimum absolute atomic E-state index is 0.177. The summed E-state index contributed by atoms with van der Waals surface area (Å²) < 4.78 is 0. The Morgan fingerprint density at radius 1 is 1.40 bits per heavy atom. The number of nitrogens with zero attached hydrogens (tertiary/aromatic N) is 2. The maximum Gasteiger partial charge on any atom is 0.329 e. The molecular weight excluding hydrogens is 256 g/mol. The molecule has 0 spiro atoms. The fourth-order valence-electron chi connectivity index (χ4n) is 2.97. The number of rotatable bonds is 6. The molecule has 0 radical (unpaired) electrons. The highest BCUT2D eigenvalue weighted by atomic mass is 16.4. The van der Waals surface area contributed by atoms with Crippen molar-refractivity contribution in [1.29, 1.82) is 0 Å². The quantitative estimate of drug-likeness (QED) is 0.762. The van der Waals surface area contributed by atoms with Crippen molar-refractivity contribution in [2.75, 3.05) is 19.6 Å². The monoisotopic (exact) mass is 282 g/mol. The standard InChI is InChI=1S/C15H26N2O3/c1-5-8-15(13(18)19)9-7-10-17(15)14(20)16(6-2)11-12(3)4/h3,5-11H2,1-2,4H3,(H,18,19). The SMILES string of the molecule is C=C(C)CN(CC)C(=O)N1CCCC1(CCC)C(=O)O. The molecule has 1 saturated heterocycles. The average Bonchev–Trinajstić information content (AvgIpc) is 2.80. The first kappa shape index (κ1) is 16.5. The molecule has 0 aromatic heterocycles. The molecule has 20 heavy (non-hydrogen) atoms. The lowest BCUT2D eigenvalue weighted by Gasteiger charge is -2.38. The number of carbonyl (C=O) groups excluding carboxylic acids is 1. The molecule has 114 valence electrons. The van der Waals surface area contributed by atoms with Crippen LogP contribution in [0.5, 0.6) is 0 Å². The third-order valence-corrected chi connectivity index (χ3v) is 3.89. The average molecular weight is 282 g/mol. The van der Waals surface area contributed by atoms with E-state index < -0.39 is 11.5 Å². The number of carboxylic acids is 1. The number of hydrogen-bond donors (Lipinski definition) is 1. The van der Waals surface area contributed by atoms with Crippen LogP contribution < -0.4 is 0 Å². The first-order valence-corrected chi connectivity index (χ1v) is 7.33. The van der Waals surface area contributed by atoms with Gasteiger partial charge in [0.25, 0.3) is 0 Å². The maximum atomic E-state index is 12.7. The van der Waals surface area contributed by atoms with Crippen LogP contribution in [0.25, 0.3) is 0 Å². The Kier molecular flexibility index (Phi) is 5.60. The van der Waals surface area contributed by atoms with Crippen LogP contribution in [-0.2, 0) is 4.79 Å². The summed E-state index contributed by atoms with van der Waals surface area (Å²) in [5.41, 5.74) is -0.121. The molecule has 0 aromatic carbocycles. The van der Waals surface area contributed by atoms with E-state index in [4.69, 9.17) is 0 Å². The van der Waals surface area contributed by atoms with Crippen molar-refractivity contribution >= 4 is 12.0 Å². The third kappa shape index (κ3) is 3.14. The predicted octanol–water partition coefficient (Wildman–Crippen LogP) is 2.72. The molecule has 1 aliphatic heterocycles. The summed E-state index contributed by atoms with van der Waals surface area (Å²) >= 11 is 0. The van der Waals surface area contributed by atoms with Gasteiger partial charge in [0.2, 0.25) is 0 Å². The van der Waals surface area contributed by atoms with Gasteiger partial charge < -0.3 is 14.9 Å². The number of hydrogen-bond acceptors (Lipinski definition) is 2.